The molecule has 0 bridgehead atoms. The Morgan fingerprint density at radius 3 is 2.83 bits per heavy atom. The molecule has 2 unspecified atom stereocenters. The molecule has 18 heavy (non-hydrogen) atoms. The van der Waals surface area contributed by atoms with Gasteiger partial charge in [-0.25, -0.2) is 9.59 Å². The van der Waals surface area contributed by atoms with Crippen molar-refractivity contribution in [2.24, 2.45) is 5.92 Å². The van der Waals surface area contributed by atoms with Crippen LogP contribution >= 0.6 is 0 Å². The lowest BCUT2D eigenvalue weighted by atomic mass is 10.0. The van der Waals surface area contributed by atoms with Crippen LogP contribution in [0, 0.1) is 5.92 Å². The fourth-order valence-electron chi connectivity index (χ4n) is 2.21. The molecule has 6 heteroatoms. The quantitative estimate of drug-likeness (QED) is 0.652. The van der Waals surface area contributed by atoms with E-state index in [0.717, 1.165) is 32.4 Å². The van der Waals surface area contributed by atoms with Crippen LogP contribution in [-0.2, 0) is 4.79 Å². The summed E-state index contributed by atoms with van der Waals surface area (Å²) in [5, 5.41) is 20.2. The summed E-state index contributed by atoms with van der Waals surface area (Å²) in [6.45, 7) is 3.86. The van der Waals surface area contributed by atoms with E-state index in [1.165, 1.54) is 0 Å². The Bertz CT molecular complexity index is 296. The third-order valence-corrected chi connectivity index (χ3v) is 3.25. The van der Waals surface area contributed by atoms with Crippen molar-refractivity contribution in [2.75, 3.05) is 19.6 Å². The first-order valence-electron chi connectivity index (χ1n) is 6.48. The lowest BCUT2D eigenvalue weighted by Gasteiger charge is -2.17. The summed E-state index contributed by atoms with van der Waals surface area (Å²) in [6.07, 6.45) is 1.94. The SMILES string of the molecule is CCCC1CCN(C(=O)NCCC(O)C(=O)O)C1. The Hall–Kier alpha value is -1.30. The average Bonchev–Trinajstić information content (AvgIpc) is 2.77. The van der Waals surface area contributed by atoms with Gasteiger partial charge in [0, 0.05) is 26.1 Å². The Kier molecular flexibility index (Phi) is 5.91. The number of carbonyl (C=O) groups excluding carboxylic acids is 1. The van der Waals surface area contributed by atoms with Crippen LogP contribution in [0.4, 0.5) is 4.79 Å². The standard InChI is InChI=1S/C12H22N2O4/c1-2-3-9-5-7-14(8-9)12(18)13-6-4-10(15)11(16)17/h9-10,15H,2-8H2,1H3,(H,13,18)(H,16,17). The molecule has 2 atom stereocenters. The highest BCUT2D eigenvalue weighted by Crippen LogP contribution is 2.20. The molecular formula is C12H22N2O4. The molecule has 1 heterocycles. The number of hydrogen-bond donors (Lipinski definition) is 3. The normalized spacial score (nSPS) is 20.8. The number of urea groups is 1. The van der Waals surface area contributed by atoms with Crippen LogP contribution < -0.4 is 5.32 Å². The van der Waals surface area contributed by atoms with Crippen LogP contribution in [0.25, 0.3) is 0 Å². The zero-order valence-electron chi connectivity index (χ0n) is 10.8. The van der Waals surface area contributed by atoms with E-state index in [4.69, 9.17) is 10.2 Å². The van der Waals surface area contributed by atoms with Crippen molar-refractivity contribution in [1.82, 2.24) is 10.2 Å². The Labute approximate surface area is 107 Å². The molecule has 1 fully saturated rings. The number of hydrogen-bond acceptors (Lipinski definition) is 3. The van der Waals surface area contributed by atoms with Crippen molar-refractivity contribution >= 4 is 12.0 Å². The molecule has 0 aromatic rings. The first-order chi connectivity index (χ1) is 8.54. The van der Waals surface area contributed by atoms with Gasteiger partial charge in [0.1, 0.15) is 0 Å². The third-order valence-electron chi connectivity index (χ3n) is 3.25. The monoisotopic (exact) mass is 258 g/mol. The predicted octanol–water partition coefficient (Wildman–Crippen LogP) is 0.654. The van der Waals surface area contributed by atoms with Crippen LogP contribution in [0.2, 0.25) is 0 Å². The number of rotatable bonds is 6. The number of amides is 2. The Balaban J connectivity index is 2.20. The van der Waals surface area contributed by atoms with Crippen molar-refractivity contribution in [3.8, 4) is 0 Å². The molecular weight excluding hydrogens is 236 g/mol. The highest BCUT2D eigenvalue weighted by molar-refractivity contribution is 5.75. The zero-order valence-corrected chi connectivity index (χ0v) is 10.8. The van der Waals surface area contributed by atoms with Gasteiger partial charge in [-0.3, -0.25) is 0 Å². The van der Waals surface area contributed by atoms with E-state index >= 15 is 0 Å². The van der Waals surface area contributed by atoms with E-state index in [0.29, 0.717) is 5.92 Å². The molecule has 2 amide bonds. The minimum absolute atomic E-state index is 0.0350. The Morgan fingerprint density at radius 1 is 1.50 bits per heavy atom. The van der Waals surface area contributed by atoms with Crippen LogP contribution in [0.1, 0.15) is 32.6 Å². The van der Waals surface area contributed by atoms with Gasteiger partial charge >= 0.3 is 12.0 Å². The van der Waals surface area contributed by atoms with Gasteiger partial charge in [-0.15, -0.1) is 0 Å². The largest absolute Gasteiger partial charge is 0.479 e. The third kappa shape index (κ3) is 4.52. The number of aliphatic carboxylic acids is 1. The second-order valence-corrected chi connectivity index (χ2v) is 4.76. The summed E-state index contributed by atoms with van der Waals surface area (Å²) in [5.41, 5.74) is 0. The summed E-state index contributed by atoms with van der Waals surface area (Å²) in [6, 6.07) is -0.161. The van der Waals surface area contributed by atoms with Crippen molar-refractivity contribution in [1.29, 1.82) is 0 Å². The number of aliphatic hydroxyl groups excluding tert-OH is 1. The van der Waals surface area contributed by atoms with Crippen LogP contribution in [0.15, 0.2) is 0 Å². The van der Waals surface area contributed by atoms with Gasteiger partial charge in [0.15, 0.2) is 6.10 Å². The van der Waals surface area contributed by atoms with E-state index in [-0.39, 0.29) is 19.0 Å². The van der Waals surface area contributed by atoms with E-state index in [1.54, 1.807) is 4.90 Å². The summed E-state index contributed by atoms with van der Waals surface area (Å²) in [5.74, 6) is -0.668. The summed E-state index contributed by atoms with van der Waals surface area (Å²) >= 11 is 0. The first-order valence-corrected chi connectivity index (χ1v) is 6.48. The number of carboxylic acid groups (broad SMARTS) is 1. The molecule has 0 aromatic carbocycles. The number of likely N-dealkylation sites (tertiary alicyclic amines) is 1. The van der Waals surface area contributed by atoms with Gasteiger partial charge < -0.3 is 20.4 Å². The maximum atomic E-state index is 11.7. The smallest absolute Gasteiger partial charge is 0.332 e. The van der Waals surface area contributed by atoms with Crippen molar-refractivity contribution in [2.45, 2.75) is 38.7 Å². The van der Waals surface area contributed by atoms with Crippen molar-refractivity contribution in [3.05, 3.63) is 0 Å². The van der Waals surface area contributed by atoms with E-state index in [9.17, 15) is 9.59 Å². The highest BCUT2D eigenvalue weighted by atomic mass is 16.4. The maximum absolute atomic E-state index is 11.7. The molecule has 1 aliphatic rings. The topological polar surface area (TPSA) is 89.9 Å². The van der Waals surface area contributed by atoms with E-state index in [2.05, 4.69) is 12.2 Å². The second-order valence-electron chi connectivity index (χ2n) is 4.76. The van der Waals surface area contributed by atoms with Gasteiger partial charge in [0.25, 0.3) is 0 Å². The molecule has 1 aliphatic heterocycles. The second kappa shape index (κ2) is 7.20. The zero-order chi connectivity index (χ0) is 13.5. The average molecular weight is 258 g/mol. The fraction of sp³-hybridized carbons (Fsp3) is 0.833. The van der Waals surface area contributed by atoms with E-state index < -0.39 is 12.1 Å². The van der Waals surface area contributed by atoms with Gasteiger partial charge in [0.2, 0.25) is 0 Å². The number of aliphatic hydroxyl groups is 1. The molecule has 3 N–H and O–H groups in total. The number of nitrogens with one attached hydrogen (secondary N) is 1. The summed E-state index contributed by atoms with van der Waals surface area (Å²) in [7, 11) is 0. The first kappa shape index (κ1) is 14.8. The molecule has 0 spiro atoms. The van der Waals surface area contributed by atoms with Crippen molar-refractivity contribution < 1.29 is 19.8 Å². The maximum Gasteiger partial charge on any atom is 0.332 e. The van der Waals surface area contributed by atoms with Gasteiger partial charge in [-0.05, 0) is 18.8 Å². The number of carboxylic acids is 1. The predicted molar refractivity (Wildman–Crippen MR) is 66.2 cm³/mol. The minimum Gasteiger partial charge on any atom is -0.479 e. The van der Waals surface area contributed by atoms with Crippen molar-refractivity contribution in [3.63, 3.8) is 0 Å². The van der Waals surface area contributed by atoms with Gasteiger partial charge in [-0.1, -0.05) is 13.3 Å². The summed E-state index contributed by atoms with van der Waals surface area (Å²) in [4.78, 5) is 23.9. The minimum atomic E-state index is -1.41. The molecule has 1 saturated heterocycles. The van der Waals surface area contributed by atoms with Gasteiger partial charge in [-0.2, -0.15) is 0 Å². The lowest BCUT2D eigenvalue weighted by Crippen LogP contribution is -2.40. The van der Waals surface area contributed by atoms with Crippen LogP contribution in [-0.4, -0.2) is 52.9 Å². The number of carbonyl (C=O) groups is 2. The van der Waals surface area contributed by atoms with Gasteiger partial charge in [0.05, 0.1) is 0 Å². The molecule has 104 valence electrons. The molecule has 6 nitrogen and oxygen atoms in total. The fourth-order valence-corrected chi connectivity index (χ4v) is 2.21. The number of nitrogens with zero attached hydrogens (tertiary/aromatic N) is 1. The van der Waals surface area contributed by atoms with Crippen LogP contribution in [0.5, 0.6) is 0 Å². The van der Waals surface area contributed by atoms with E-state index in [1.807, 2.05) is 0 Å². The summed E-state index contributed by atoms with van der Waals surface area (Å²) < 4.78 is 0. The molecule has 0 aliphatic carbocycles. The molecule has 0 radical (unpaired) electrons. The molecule has 0 saturated carbocycles. The molecule has 1 rings (SSSR count). The highest BCUT2D eigenvalue weighted by Gasteiger charge is 2.25. The van der Waals surface area contributed by atoms with Crippen LogP contribution in [0.3, 0.4) is 0 Å². The molecule has 0 aromatic heterocycles. The lowest BCUT2D eigenvalue weighted by molar-refractivity contribution is -0.146. The Morgan fingerprint density at radius 2 is 2.22 bits per heavy atom.